The molecule has 5 nitrogen and oxygen atoms in total. The van der Waals surface area contributed by atoms with E-state index in [2.05, 4.69) is 10.5 Å². The first-order valence-corrected chi connectivity index (χ1v) is 6.39. The number of nitrogens with zero attached hydrogens (tertiary/aromatic N) is 1. The highest BCUT2D eigenvalue weighted by molar-refractivity contribution is 6.01. The molecule has 2 aromatic carbocycles. The minimum atomic E-state index is -0.463. The van der Waals surface area contributed by atoms with E-state index in [9.17, 15) is 9.90 Å². The zero-order chi connectivity index (χ0) is 15.2. The van der Waals surface area contributed by atoms with Gasteiger partial charge in [-0.25, -0.2) is 5.43 Å². The molecule has 0 aliphatic carbocycles. The quantitative estimate of drug-likeness (QED) is 0.669. The highest BCUT2D eigenvalue weighted by atomic mass is 16.5. The molecule has 0 aliphatic rings. The van der Waals surface area contributed by atoms with Crippen molar-refractivity contribution in [3.05, 3.63) is 59.7 Å². The molecule has 2 rings (SSSR count). The van der Waals surface area contributed by atoms with Crippen LogP contribution in [0.1, 0.15) is 22.8 Å². The van der Waals surface area contributed by atoms with E-state index >= 15 is 0 Å². The lowest BCUT2D eigenvalue weighted by atomic mass is 10.1. The number of aromatic hydroxyl groups is 1. The van der Waals surface area contributed by atoms with Crippen LogP contribution in [0.15, 0.2) is 53.6 Å². The maximum atomic E-state index is 11.9. The molecule has 108 valence electrons. The fraction of sp³-hybridized carbons (Fsp3) is 0.125. The summed E-state index contributed by atoms with van der Waals surface area (Å²) in [5.41, 5.74) is 4.08. The first-order valence-electron chi connectivity index (χ1n) is 6.39. The fourth-order valence-electron chi connectivity index (χ4n) is 1.77. The molecule has 2 N–H and O–H groups in total. The molecule has 0 saturated carbocycles. The number of benzene rings is 2. The Morgan fingerprint density at radius 1 is 1.19 bits per heavy atom. The Labute approximate surface area is 122 Å². The van der Waals surface area contributed by atoms with Crippen molar-refractivity contribution in [1.82, 2.24) is 5.43 Å². The van der Waals surface area contributed by atoms with E-state index in [-0.39, 0.29) is 11.3 Å². The van der Waals surface area contributed by atoms with Crippen LogP contribution in [0.3, 0.4) is 0 Å². The lowest BCUT2D eigenvalue weighted by molar-refractivity contribution is 0.0952. The summed E-state index contributed by atoms with van der Waals surface area (Å²) in [5.74, 6) is 0.175. The van der Waals surface area contributed by atoms with Crippen LogP contribution in [0.25, 0.3) is 0 Å². The van der Waals surface area contributed by atoms with Crippen molar-refractivity contribution in [3.8, 4) is 11.5 Å². The number of carbonyl (C=O) groups excluding carboxylic acids is 1. The Bertz CT molecular complexity index is 681. The molecule has 0 bridgehead atoms. The van der Waals surface area contributed by atoms with Gasteiger partial charge in [-0.2, -0.15) is 5.10 Å². The second-order valence-corrected chi connectivity index (χ2v) is 4.39. The Morgan fingerprint density at radius 2 is 1.95 bits per heavy atom. The summed E-state index contributed by atoms with van der Waals surface area (Å²) in [6.45, 7) is 1.78. The predicted molar refractivity (Wildman–Crippen MR) is 80.8 cm³/mol. The molecular formula is C16H16N2O3. The van der Waals surface area contributed by atoms with Gasteiger partial charge < -0.3 is 9.84 Å². The first kappa shape index (κ1) is 14.6. The summed E-state index contributed by atoms with van der Waals surface area (Å²) in [6.07, 6.45) is 0. The number of hydrazone groups is 1. The van der Waals surface area contributed by atoms with E-state index in [0.717, 1.165) is 5.56 Å². The van der Waals surface area contributed by atoms with Crippen LogP contribution in [-0.2, 0) is 0 Å². The maximum Gasteiger partial charge on any atom is 0.275 e. The third-order valence-corrected chi connectivity index (χ3v) is 2.96. The van der Waals surface area contributed by atoms with Crippen LogP contribution in [0.2, 0.25) is 0 Å². The van der Waals surface area contributed by atoms with Crippen LogP contribution >= 0.6 is 0 Å². The third kappa shape index (κ3) is 3.60. The first-order chi connectivity index (χ1) is 10.1. The number of nitrogens with one attached hydrogen (secondary N) is 1. The van der Waals surface area contributed by atoms with Gasteiger partial charge >= 0.3 is 0 Å². The number of hydrogen-bond donors (Lipinski definition) is 2. The molecule has 0 heterocycles. The van der Waals surface area contributed by atoms with Crippen LogP contribution < -0.4 is 10.2 Å². The maximum absolute atomic E-state index is 11.9. The lowest BCUT2D eigenvalue weighted by Crippen LogP contribution is -2.19. The van der Waals surface area contributed by atoms with E-state index in [4.69, 9.17) is 4.74 Å². The Hall–Kier alpha value is -2.82. The van der Waals surface area contributed by atoms with Gasteiger partial charge in [-0.3, -0.25) is 4.79 Å². The molecule has 21 heavy (non-hydrogen) atoms. The predicted octanol–water partition coefficient (Wildman–Crippen LogP) is 2.55. The molecule has 0 saturated heterocycles. The molecular weight excluding hydrogens is 268 g/mol. The summed E-state index contributed by atoms with van der Waals surface area (Å²) >= 11 is 0. The normalized spacial score (nSPS) is 11.0. The van der Waals surface area contributed by atoms with Crippen molar-refractivity contribution in [2.45, 2.75) is 6.92 Å². The minimum absolute atomic E-state index is 0.0794. The Kier molecular flexibility index (Phi) is 4.56. The van der Waals surface area contributed by atoms with Gasteiger partial charge in [0.15, 0.2) is 0 Å². The van der Waals surface area contributed by atoms with E-state index in [1.165, 1.54) is 12.1 Å². The van der Waals surface area contributed by atoms with E-state index in [1.54, 1.807) is 26.2 Å². The average molecular weight is 284 g/mol. The van der Waals surface area contributed by atoms with Crippen molar-refractivity contribution in [2.75, 3.05) is 7.11 Å². The SMILES string of the molecule is COc1cccc(C(C)=NNC(=O)c2ccccc2O)c1. The second-order valence-electron chi connectivity index (χ2n) is 4.39. The molecule has 0 atom stereocenters. The van der Waals surface area contributed by atoms with Gasteiger partial charge in [0.25, 0.3) is 5.91 Å². The molecule has 0 radical (unpaired) electrons. The van der Waals surface area contributed by atoms with Gasteiger partial charge in [-0.05, 0) is 31.2 Å². The summed E-state index contributed by atoms with van der Waals surface area (Å²) in [5, 5.41) is 13.6. The zero-order valence-corrected chi connectivity index (χ0v) is 11.8. The van der Waals surface area contributed by atoms with Gasteiger partial charge in [0.2, 0.25) is 0 Å². The van der Waals surface area contributed by atoms with Gasteiger partial charge in [-0.1, -0.05) is 24.3 Å². The van der Waals surface area contributed by atoms with Crippen molar-refractivity contribution in [1.29, 1.82) is 0 Å². The van der Waals surface area contributed by atoms with Crippen LogP contribution in [-0.4, -0.2) is 23.8 Å². The summed E-state index contributed by atoms with van der Waals surface area (Å²) in [4.78, 5) is 11.9. The number of ether oxygens (including phenoxy) is 1. The molecule has 0 aromatic heterocycles. The number of methoxy groups -OCH3 is 1. The average Bonchev–Trinajstić information content (AvgIpc) is 2.52. The molecule has 2 aromatic rings. The monoisotopic (exact) mass is 284 g/mol. The van der Waals surface area contributed by atoms with Crippen molar-refractivity contribution >= 4 is 11.6 Å². The molecule has 0 unspecified atom stereocenters. The topological polar surface area (TPSA) is 70.9 Å². The van der Waals surface area contributed by atoms with Gasteiger partial charge in [0.1, 0.15) is 11.5 Å². The van der Waals surface area contributed by atoms with E-state index < -0.39 is 5.91 Å². The lowest BCUT2D eigenvalue weighted by Gasteiger charge is -2.06. The largest absolute Gasteiger partial charge is 0.507 e. The molecule has 5 heteroatoms. The Morgan fingerprint density at radius 3 is 2.67 bits per heavy atom. The molecule has 0 spiro atoms. The highest BCUT2D eigenvalue weighted by Crippen LogP contribution is 2.15. The van der Waals surface area contributed by atoms with Gasteiger partial charge in [0, 0.05) is 5.56 Å². The highest BCUT2D eigenvalue weighted by Gasteiger charge is 2.09. The molecule has 0 fully saturated rings. The van der Waals surface area contributed by atoms with Crippen molar-refractivity contribution in [2.24, 2.45) is 5.10 Å². The second kappa shape index (κ2) is 6.56. The van der Waals surface area contributed by atoms with Crippen LogP contribution in [0.4, 0.5) is 0 Å². The zero-order valence-electron chi connectivity index (χ0n) is 11.8. The van der Waals surface area contributed by atoms with Crippen LogP contribution in [0, 0.1) is 0 Å². The van der Waals surface area contributed by atoms with Crippen LogP contribution in [0.5, 0.6) is 11.5 Å². The van der Waals surface area contributed by atoms with Gasteiger partial charge in [0.05, 0.1) is 18.4 Å². The number of para-hydroxylation sites is 1. The summed E-state index contributed by atoms with van der Waals surface area (Å²) < 4.78 is 5.14. The van der Waals surface area contributed by atoms with Crippen molar-refractivity contribution in [3.63, 3.8) is 0 Å². The minimum Gasteiger partial charge on any atom is -0.507 e. The van der Waals surface area contributed by atoms with Crippen molar-refractivity contribution < 1.29 is 14.6 Å². The van der Waals surface area contributed by atoms with Gasteiger partial charge in [-0.15, -0.1) is 0 Å². The summed E-state index contributed by atoms with van der Waals surface area (Å²) in [6, 6.07) is 13.7. The molecule has 1 amide bonds. The number of phenols is 1. The number of hydrogen-bond acceptors (Lipinski definition) is 4. The fourth-order valence-corrected chi connectivity index (χ4v) is 1.77. The number of rotatable bonds is 4. The number of phenolic OH excluding ortho intramolecular Hbond substituents is 1. The summed E-state index contributed by atoms with van der Waals surface area (Å²) in [7, 11) is 1.59. The Balaban J connectivity index is 2.13. The third-order valence-electron chi connectivity index (χ3n) is 2.96. The number of carbonyl (C=O) groups is 1. The van der Waals surface area contributed by atoms with E-state index in [0.29, 0.717) is 11.5 Å². The van der Waals surface area contributed by atoms with E-state index in [1.807, 2.05) is 24.3 Å². The smallest absolute Gasteiger partial charge is 0.275 e. The standard InChI is InChI=1S/C16H16N2O3/c1-11(12-6-5-7-13(10-12)21-2)17-18-16(20)14-8-3-4-9-15(14)19/h3-10,19H,1-2H3,(H,18,20). The molecule has 0 aliphatic heterocycles. The number of amides is 1.